The van der Waals surface area contributed by atoms with Gasteiger partial charge in [-0.15, -0.1) is 0 Å². The van der Waals surface area contributed by atoms with Crippen LogP contribution in [0.5, 0.6) is 0 Å². The molecule has 0 atom stereocenters. The maximum atomic E-state index is 4.41. The average molecular weight is 212 g/mol. The van der Waals surface area contributed by atoms with Crippen molar-refractivity contribution >= 4 is 17.0 Å². The van der Waals surface area contributed by atoms with Gasteiger partial charge < -0.3 is 5.32 Å². The van der Waals surface area contributed by atoms with Gasteiger partial charge in [-0.25, -0.2) is 0 Å². The third-order valence-electron chi connectivity index (χ3n) is 2.52. The highest BCUT2D eigenvalue weighted by Crippen LogP contribution is 2.17. The average Bonchev–Trinajstić information content (AvgIpc) is 2.35. The lowest BCUT2D eigenvalue weighted by molar-refractivity contribution is 0.809. The molecule has 2 rings (SSSR count). The zero-order valence-electron chi connectivity index (χ0n) is 9.48. The summed E-state index contributed by atoms with van der Waals surface area (Å²) in [5.41, 5.74) is 2.26. The Labute approximate surface area is 96.0 Å². The molecule has 0 aliphatic heterocycles. The smallest absolute Gasteiger partial charge is 0.0774 e. The van der Waals surface area contributed by atoms with E-state index >= 15 is 0 Å². The van der Waals surface area contributed by atoms with Gasteiger partial charge in [-0.2, -0.15) is 0 Å². The van der Waals surface area contributed by atoms with Gasteiger partial charge in [-0.3, -0.25) is 4.98 Å². The predicted molar refractivity (Wildman–Crippen MR) is 69.3 cm³/mol. The van der Waals surface area contributed by atoms with Crippen molar-refractivity contribution in [2.75, 3.05) is 13.6 Å². The van der Waals surface area contributed by atoms with Crippen LogP contribution in [0.25, 0.3) is 17.0 Å². The van der Waals surface area contributed by atoms with Crippen LogP contribution in [0.1, 0.15) is 12.0 Å². The van der Waals surface area contributed by atoms with Gasteiger partial charge in [0.2, 0.25) is 0 Å². The highest BCUT2D eigenvalue weighted by molar-refractivity contribution is 5.86. The second-order valence-electron chi connectivity index (χ2n) is 3.72. The molecular formula is C14H16N2. The highest BCUT2D eigenvalue weighted by Gasteiger charge is 1.96. The molecule has 1 aromatic heterocycles. The van der Waals surface area contributed by atoms with Gasteiger partial charge in [0.15, 0.2) is 0 Å². The molecule has 1 heterocycles. The number of nitrogens with zero attached hydrogens (tertiary/aromatic N) is 1. The number of hydrogen-bond donors (Lipinski definition) is 1. The van der Waals surface area contributed by atoms with E-state index in [1.807, 2.05) is 19.3 Å². The summed E-state index contributed by atoms with van der Waals surface area (Å²) in [4.78, 5) is 4.41. The first-order valence-electron chi connectivity index (χ1n) is 5.56. The number of aromatic nitrogens is 1. The van der Waals surface area contributed by atoms with Crippen LogP contribution in [0.4, 0.5) is 0 Å². The quantitative estimate of drug-likeness (QED) is 0.788. The monoisotopic (exact) mass is 212 g/mol. The van der Waals surface area contributed by atoms with E-state index in [4.69, 9.17) is 0 Å². The molecule has 2 heteroatoms. The summed E-state index contributed by atoms with van der Waals surface area (Å²) in [5.74, 6) is 0. The van der Waals surface area contributed by atoms with E-state index in [2.05, 4.69) is 46.7 Å². The van der Waals surface area contributed by atoms with Crippen molar-refractivity contribution in [1.82, 2.24) is 10.3 Å². The van der Waals surface area contributed by atoms with Gasteiger partial charge in [0.25, 0.3) is 0 Å². The highest BCUT2D eigenvalue weighted by atomic mass is 14.8. The van der Waals surface area contributed by atoms with E-state index in [0.717, 1.165) is 18.5 Å². The fraction of sp³-hybridized carbons (Fsp3) is 0.214. The Balaban J connectivity index is 2.27. The second kappa shape index (κ2) is 5.42. The van der Waals surface area contributed by atoms with E-state index in [-0.39, 0.29) is 0 Å². The molecule has 0 bridgehead atoms. The third-order valence-corrected chi connectivity index (χ3v) is 2.52. The molecule has 2 nitrogen and oxygen atoms in total. The molecule has 0 unspecified atom stereocenters. The second-order valence-corrected chi connectivity index (χ2v) is 3.72. The minimum absolute atomic E-state index is 1.01. The van der Waals surface area contributed by atoms with Gasteiger partial charge in [0.05, 0.1) is 5.52 Å². The largest absolute Gasteiger partial charge is 0.319 e. The summed E-state index contributed by atoms with van der Waals surface area (Å²) in [6.45, 7) is 1.01. The van der Waals surface area contributed by atoms with Crippen molar-refractivity contribution in [1.29, 1.82) is 0 Å². The van der Waals surface area contributed by atoms with Gasteiger partial charge >= 0.3 is 0 Å². The van der Waals surface area contributed by atoms with E-state index < -0.39 is 0 Å². The molecule has 16 heavy (non-hydrogen) atoms. The van der Waals surface area contributed by atoms with Crippen molar-refractivity contribution < 1.29 is 0 Å². The van der Waals surface area contributed by atoms with Crippen molar-refractivity contribution in [3.8, 4) is 0 Å². The molecular weight excluding hydrogens is 196 g/mol. The van der Waals surface area contributed by atoms with E-state index in [1.165, 1.54) is 10.9 Å². The Hall–Kier alpha value is -1.67. The maximum Gasteiger partial charge on any atom is 0.0774 e. The lowest BCUT2D eigenvalue weighted by atomic mass is 10.1. The van der Waals surface area contributed by atoms with Crippen LogP contribution in [-0.2, 0) is 0 Å². The number of para-hydroxylation sites is 1. The lowest BCUT2D eigenvalue weighted by Crippen LogP contribution is -2.05. The summed E-state index contributed by atoms with van der Waals surface area (Å²) in [5, 5.41) is 4.32. The Morgan fingerprint density at radius 1 is 1.25 bits per heavy atom. The molecule has 0 fully saturated rings. The molecule has 0 aliphatic carbocycles. The molecule has 0 amide bonds. The summed E-state index contributed by atoms with van der Waals surface area (Å²) in [6.07, 6.45) is 7.21. The topological polar surface area (TPSA) is 24.9 Å². The molecule has 0 aliphatic rings. The van der Waals surface area contributed by atoms with Crippen molar-refractivity contribution in [2.24, 2.45) is 0 Å². The fourth-order valence-corrected chi connectivity index (χ4v) is 1.70. The Kier molecular flexibility index (Phi) is 3.67. The number of benzene rings is 1. The minimum Gasteiger partial charge on any atom is -0.319 e. The molecule has 1 N–H and O–H groups in total. The summed E-state index contributed by atoms with van der Waals surface area (Å²) in [7, 11) is 1.97. The van der Waals surface area contributed by atoms with Crippen LogP contribution in [0, 0.1) is 0 Å². The van der Waals surface area contributed by atoms with Crippen LogP contribution in [0.15, 0.2) is 42.6 Å². The fourth-order valence-electron chi connectivity index (χ4n) is 1.70. The Morgan fingerprint density at radius 2 is 2.12 bits per heavy atom. The number of pyridine rings is 1. The standard InChI is InChI=1S/C14H16N2/c1-15-10-3-2-6-12-7-4-8-13-9-5-11-16-14(12)13/h2,4-9,11,15H,3,10H2,1H3/b6-2+. The van der Waals surface area contributed by atoms with Crippen LogP contribution in [0.3, 0.4) is 0 Å². The first-order valence-corrected chi connectivity index (χ1v) is 5.56. The van der Waals surface area contributed by atoms with Crippen molar-refractivity contribution in [3.05, 3.63) is 48.2 Å². The van der Waals surface area contributed by atoms with Gasteiger partial charge in [-0.1, -0.05) is 36.4 Å². The number of rotatable bonds is 4. The molecule has 2 aromatic rings. The Bertz CT molecular complexity index is 484. The summed E-state index contributed by atoms with van der Waals surface area (Å²) >= 11 is 0. The number of hydrogen-bond acceptors (Lipinski definition) is 2. The van der Waals surface area contributed by atoms with Gasteiger partial charge in [0.1, 0.15) is 0 Å². The molecule has 1 aromatic carbocycles. The first-order chi connectivity index (χ1) is 7.92. The lowest BCUT2D eigenvalue weighted by Gasteiger charge is -2.00. The molecule has 0 saturated carbocycles. The van der Waals surface area contributed by atoms with Crippen LogP contribution in [-0.4, -0.2) is 18.6 Å². The van der Waals surface area contributed by atoms with E-state index in [9.17, 15) is 0 Å². The van der Waals surface area contributed by atoms with Crippen LogP contribution in [0.2, 0.25) is 0 Å². The SMILES string of the molecule is CNCC/C=C/c1cccc2cccnc12. The summed E-state index contributed by atoms with van der Waals surface area (Å²) < 4.78 is 0. The zero-order valence-corrected chi connectivity index (χ0v) is 9.48. The maximum absolute atomic E-state index is 4.41. The molecule has 0 radical (unpaired) electrons. The Morgan fingerprint density at radius 3 is 3.00 bits per heavy atom. The normalized spacial score (nSPS) is 11.3. The van der Waals surface area contributed by atoms with Crippen LogP contribution >= 0.6 is 0 Å². The predicted octanol–water partition coefficient (Wildman–Crippen LogP) is 2.86. The zero-order chi connectivity index (χ0) is 11.2. The van der Waals surface area contributed by atoms with E-state index in [0.29, 0.717) is 0 Å². The van der Waals surface area contributed by atoms with E-state index in [1.54, 1.807) is 0 Å². The van der Waals surface area contributed by atoms with Crippen LogP contribution < -0.4 is 5.32 Å². The molecule has 0 saturated heterocycles. The number of fused-ring (bicyclic) bond motifs is 1. The van der Waals surface area contributed by atoms with Gasteiger partial charge in [-0.05, 0) is 26.1 Å². The summed E-state index contributed by atoms with van der Waals surface area (Å²) in [6, 6.07) is 10.3. The molecule has 82 valence electrons. The first kappa shape index (κ1) is 10.8. The van der Waals surface area contributed by atoms with Gasteiger partial charge in [0, 0.05) is 17.1 Å². The minimum atomic E-state index is 1.01. The number of nitrogens with one attached hydrogen (secondary N) is 1. The molecule has 0 spiro atoms. The van der Waals surface area contributed by atoms with Crippen molar-refractivity contribution in [2.45, 2.75) is 6.42 Å². The third kappa shape index (κ3) is 2.47. The van der Waals surface area contributed by atoms with Crippen molar-refractivity contribution in [3.63, 3.8) is 0 Å².